The number of amides is 2. The minimum Gasteiger partial charge on any atom is -0.480 e. The molecule has 3 atom stereocenters. The number of carbonyl (C=O) groups excluding carboxylic acids is 2. The Balaban J connectivity index is 0.00000112. The fraction of sp³-hybridized carbons (Fsp3) is 0.353. The normalized spacial score (nSPS) is 12.7. The zero-order valence-corrected chi connectivity index (χ0v) is 27.4. The number of unbranched alkanes of at least 4 members (excludes halogenated alkanes) is 1. The Kier molecular flexibility index (Phi) is 15.7. The summed E-state index contributed by atoms with van der Waals surface area (Å²) >= 11 is 0. The van der Waals surface area contributed by atoms with Crippen LogP contribution in [0.3, 0.4) is 0 Å². The maximum Gasteiger partial charge on any atom is 0.490 e. The third kappa shape index (κ3) is 13.4. The molecule has 3 aromatic carbocycles. The number of fused-ring (bicyclic) bond motifs is 1. The minimum atomic E-state index is -5.08. The van der Waals surface area contributed by atoms with Crippen LogP contribution >= 0.6 is 0 Å². The van der Waals surface area contributed by atoms with Crippen LogP contribution in [0.2, 0.25) is 0 Å². The van der Waals surface area contributed by atoms with E-state index < -0.39 is 42.0 Å². The Morgan fingerprint density at radius 1 is 0.840 bits per heavy atom. The topological polar surface area (TPSA) is 247 Å². The predicted molar refractivity (Wildman–Crippen MR) is 182 cm³/mol. The van der Waals surface area contributed by atoms with E-state index in [4.69, 9.17) is 32.5 Å². The average Bonchev–Trinajstić information content (AvgIpc) is 3.06. The number of hydrogen-bond acceptors (Lipinski definition) is 6. The second-order valence-electron chi connectivity index (χ2n) is 11.3. The van der Waals surface area contributed by atoms with Gasteiger partial charge >= 0.3 is 18.1 Å². The van der Waals surface area contributed by atoms with E-state index in [0.29, 0.717) is 31.2 Å². The highest BCUT2D eigenvalue weighted by molar-refractivity contribution is 5.95. The number of benzene rings is 3. The van der Waals surface area contributed by atoms with Crippen LogP contribution in [0.15, 0.2) is 71.7 Å². The number of carboxylic acids is 2. The first-order valence-electron chi connectivity index (χ1n) is 15.6. The van der Waals surface area contributed by atoms with Gasteiger partial charge in [0, 0.05) is 12.1 Å². The Labute approximate surface area is 286 Å². The number of nitrogen functional groups attached to an aromatic ring is 1. The highest BCUT2D eigenvalue weighted by Gasteiger charge is 2.38. The van der Waals surface area contributed by atoms with Gasteiger partial charge < -0.3 is 38.0 Å². The lowest BCUT2D eigenvalue weighted by molar-refractivity contribution is -0.192. The maximum atomic E-state index is 13.9. The summed E-state index contributed by atoms with van der Waals surface area (Å²) in [6.45, 7) is 2.21. The SMILES string of the molecule is CCCC[C@H](NC(=O)[C@H](Cc1ccc(C(=N)N)cc1)c1ccc2ccccc2c1)C(=O)N[C@@H](CCCN=C(N)N)C(=O)O.O=C(O)C(F)(F)F. The zero-order valence-electron chi connectivity index (χ0n) is 27.4. The number of guanidine groups is 1. The number of nitrogens with one attached hydrogen (secondary N) is 3. The Morgan fingerprint density at radius 2 is 1.42 bits per heavy atom. The molecular formula is C34H42F3N7O6. The lowest BCUT2D eigenvalue weighted by Gasteiger charge is -2.24. The fourth-order valence-electron chi connectivity index (χ4n) is 4.83. The van der Waals surface area contributed by atoms with Crippen molar-refractivity contribution in [3.63, 3.8) is 0 Å². The Morgan fingerprint density at radius 3 is 1.96 bits per heavy atom. The van der Waals surface area contributed by atoms with Crippen molar-refractivity contribution in [3.8, 4) is 0 Å². The second kappa shape index (κ2) is 19.4. The number of aliphatic imine (C=N–C) groups is 1. The van der Waals surface area contributed by atoms with Crippen LogP contribution in [-0.4, -0.2) is 70.6 Å². The molecule has 50 heavy (non-hydrogen) atoms. The number of nitrogens with zero attached hydrogens (tertiary/aromatic N) is 1. The van der Waals surface area contributed by atoms with E-state index in [2.05, 4.69) is 15.6 Å². The molecule has 0 bridgehead atoms. The number of nitrogens with two attached hydrogens (primary N) is 3. The summed E-state index contributed by atoms with van der Waals surface area (Å²) in [4.78, 5) is 51.9. The molecule has 13 nitrogen and oxygen atoms in total. The molecule has 0 aliphatic heterocycles. The molecule has 0 spiro atoms. The average molecular weight is 702 g/mol. The van der Waals surface area contributed by atoms with Gasteiger partial charge in [-0.05, 0) is 47.6 Å². The predicted octanol–water partition coefficient (Wildman–Crippen LogP) is 3.38. The van der Waals surface area contributed by atoms with Crippen molar-refractivity contribution in [2.45, 2.75) is 69.6 Å². The number of halogens is 3. The number of alkyl halides is 3. The van der Waals surface area contributed by atoms with E-state index in [1.165, 1.54) is 0 Å². The molecule has 270 valence electrons. The van der Waals surface area contributed by atoms with E-state index in [1.54, 1.807) is 12.1 Å². The van der Waals surface area contributed by atoms with Crippen molar-refractivity contribution in [1.82, 2.24) is 10.6 Å². The van der Waals surface area contributed by atoms with Crippen molar-refractivity contribution in [1.29, 1.82) is 5.41 Å². The zero-order chi connectivity index (χ0) is 37.4. The van der Waals surface area contributed by atoms with Gasteiger partial charge in [0.2, 0.25) is 11.8 Å². The number of rotatable bonds is 16. The van der Waals surface area contributed by atoms with Crippen molar-refractivity contribution in [3.05, 3.63) is 83.4 Å². The summed E-state index contributed by atoms with van der Waals surface area (Å²) in [7, 11) is 0. The van der Waals surface area contributed by atoms with Gasteiger partial charge in [-0.3, -0.25) is 20.0 Å². The fourth-order valence-corrected chi connectivity index (χ4v) is 4.83. The Bertz CT molecular complexity index is 1660. The molecule has 0 heterocycles. The van der Waals surface area contributed by atoms with Crippen LogP contribution in [-0.2, 0) is 25.6 Å². The first-order valence-corrected chi connectivity index (χ1v) is 15.6. The molecule has 0 aliphatic rings. The molecular weight excluding hydrogens is 659 g/mol. The van der Waals surface area contributed by atoms with E-state index in [9.17, 15) is 32.7 Å². The van der Waals surface area contributed by atoms with Crippen molar-refractivity contribution in [2.24, 2.45) is 22.2 Å². The Hall–Kier alpha value is -5.67. The minimum absolute atomic E-state index is 0.0453. The number of amidine groups is 1. The van der Waals surface area contributed by atoms with Gasteiger partial charge in [-0.2, -0.15) is 13.2 Å². The van der Waals surface area contributed by atoms with Gasteiger partial charge in [0.05, 0.1) is 5.92 Å². The van der Waals surface area contributed by atoms with Crippen LogP contribution in [0.25, 0.3) is 10.8 Å². The molecule has 0 aliphatic carbocycles. The number of carboxylic acid groups (broad SMARTS) is 2. The molecule has 11 N–H and O–H groups in total. The first kappa shape index (κ1) is 40.5. The largest absolute Gasteiger partial charge is 0.490 e. The van der Waals surface area contributed by atoms with Crippen molar-refractivity contribution < 1.29 is 42.6 Å². The molecule has 2 amide bonds. The standard InChI is InChI=1S/C32H41N7O4.C2HF3O2/c1-2-3-9-26(30(41)39-27(31(42)43)10-6-17-37-32(35)36)38-29(40)25(18-20-11-13-22(14-12-20)28(33)34)24-16-15-21-7-4-5-8-23(21)19-24;3-2(4,5)1(6)7/h4-5,7-8,11-16,19,25-27H,2-3,6,9-10,17-18H2,1H3,(H3,33,34)(H,38,40)(H,39,41)(H,42,43)(H4,35,36,37);(H,6,7)/t25-,26+,27+;/m1./s1. The first-order chi connectivity index (χ1) is 23.5. The van der Waals surface area contributed by atoms with Crippen molar-refractivity contribution >= 4 is 46.3 Å². The van der Waals surface area contributed by atoms with Crippen LogP contribution in [0.4, 0.5) is 13.2 Å². The summed E-state index contributed by atoms with van der Waals surface area (Å²) in [6.07, 6.45) is -2.46. The second-order valence-corrected chi connectivity index (χ2v) is 11.3. The maximum absolute atomic E-state index is 13.9. The van der Waals surface area contributed by atoms with Crippen LogP contribution in [0.1, 0.15) is 61.6 Å². The summed E-state index contributed by atoms with van der Waals surface area (Å²) < 4.78 is 31.7. The molecule has 0 radical (unpaired) electrons. The molecule has 0 saturated carbocycles. The lowest BCUT2D eigenvalue weighted by Crippen LogP contribution is -2.52. The third-order valence-electron chi connectivity index (χ3n) is 7.48. The van der Waals surface area contributed by atoms with Crippen molar-refractivity contribution in [2.75, 3.05) is 6.54 Å². The molecule has 0 unspecified atom stereocenters. The number of carbonyl (C=O) groups is 4. The molecule has 3 aromatic rings. The van der Waals surface area contributed by atoms with Crippen LogP contribution < -0.4 is 27.8 Å². The van der Waals surface area contributed by atoms with E-state index in [-0.39, 0.29) is 30.7 Å². The highest BCUT2D eigenvalue weighted by atomic mass is 19.4. The van der Waals surface area contributed by atoms with Crippen LogP contribution in [0, 0.1) is 5.41 Å². The van der Waals surface area contributed by atoms with Crippen LogP contribution in [0.5, 0.6) is 0 Å². The third-order valence-corrected chi connectivity index (χ3v) is 7.48. The van der Waals surface area contributed by atoms with Gasteiger partial charge in [0.15, 0.2) is 5.96 Å². The van der Waals surface area contributed by atoms with Gasteiger partial charge in [-0.25, -0.2) is 9.59 Å². The molecule has 0 fully saturated rings. The van der Waals surface area contributed by atoms with Gasteiger partial charge in [0.1, 0.15) is 17.9 Å². The van der Waals surface area contributed by atoms with E-state index in [1.807, 2.05) is 61.5 Å². The van der Waals surface area contributed by atoms with E-state index >= 15 is 0 Å². The van der Waals surface area contributed by atoms with E-state index in [0.717, 1.165) is 28.3 Å². The highest BCUT2D eigenvalue weighted by Crippen LogP contribution is 2.26. The summed E-state index contributed by atoms with van der Waals surface area (Å²) in [5.74, 6) is -5.61. The van der Waals surface area contributed by atoms with Gasteiger partial charge in [-0.1, -0.05) is 86.5 Å². The number of hydrogen-bond donors (Lipinski definition) is 8. The summed E-state index contributed by atoms with van der Waals surface area (Å²) in [5.41, 5.74) is 18.5. The monoisotopic (exact) mass is 701 g/mol. The van der Waals surface area contributed by atoms with Gasteiger partial charge in [-0.15, -0.1) is 0 Å². The molecule has 0 saturated heterocycles. The summed E-state index contributed by atoms with van der Waals surface area (Å²) in [5, 5.41) is 32.0. The van der Waals surface area contributed by atoms with Gasteiger partial charge in [0.25, 0.3) is 0 Å². The quantitative estimate of drug-likeness (QED) is 0.0619. The smallest absolute Gasteiger partial charge is 0.480 e. The lowest BCUT2D eigenvalue weighted by atomic mass is 9.89. The molecule has 16 heteroatoms. The molecule has 0 aromatic heterocycles. The molecule has 3 rings (SSSR count). The number of aliphatic carboxylic acids is 2. The summed E-state index contributed by atoms with van der Waals surface area (Å²) in [6, 6.07) is 18.8.